The lowest BCUT2D eigenvalue weighted by molar-refractivity contribution is -0.144. The molecule has 2 fully saturated rings. The van der Waals surface area contributed by atoms with E-state index in [1.165, 1.54) is 11.0 Å². The zero-order valence-electron chi connectivity index (χ0n) is 18.5. The normalized spacial score (nSPS) is 18.8. The first-order chi connectivity index (χ1) is 14.9. The summed E-state index contributed by atoms with van der Waals surface area (Å²) in [5.74, 6) is -4.28. The van der Waals surface area contributed by atoms with Crippen molar-refractivity contribution < 1.29 is 27.8 Å². The molecule has 10 heteroatoms. The van der Waals surface area contributed by atoms with E-state index in [-0.39, 0.29) is 36.0 Å². The Bertz CT molecular complexity index is 850. The highest BCUT2D eigenvalue weighted by atomic mass is 35.5. The van der Waals surface area contributed by atoms with Crippen LogP contribution >= 0.6 is 11.6 Å². The molecule has 1 aromatic carbocycles. The first-order valence-electron chi connectivity index (χ1n) is 10.7. The molecule has 0 bridgehead atoms. The van der Waals surface area contributed by atoms with Crippen molar-refractivity contribution in [2.24, 2.45) is 5.73 Å². The van der Waals surface area contributed by atoms with Gasteiger partial charge >= 0.3 is 6.09 Å². The van der Waals surface area contributed by atoms with E-state index in [0.717, 1.165) is 25.0 Å². The van der Waals surface area contributed by atoms with E-state index < -0.39 is 35.1 Å². The predicted molar refractivity (Wildman–Crippen MR) is 116 cm³/mol. The lowest BCUT2D eigenvalue weighted by atomic mass is 9.98. The third-order valence-corrected chi connectivity index (χ3v) is 5.63. The average molecular weight is 474 g/mol. The number of alkyl halides is 2. The number of likely N-dealkylation sites (tertiary alicyclic amines) is 1. The number of ether oxygens (including phenoxy) is 2. The van der Waals surface area contributed by atoms with Crippen LogP contribution < -0.4 is 15.8 Å². The summed E-state index contributed by atoms with van der Waals surface area (Å²) >= 11 is 6.05. The van der Waals surface area contributed by atoms with Crippen molar-refractivity contribution in [3.63, 3.8) is 0 Å². The van der Waals surface area contributed by atoms with Crippen LogP contribution in [-0.4, -0.2) is 53.8 Å². The van der Waals surface area contributed by atoms with Crippen molar-refractivity contribution >= 4 is 23.6 Å². The Morgan fingerprint density at radius 2 is 1.81 bits per heavy atom. The van der Waals surface area contributed by atoms with E-state index in [0.29, 0.717) is 12.8 Å². The summed E-state index contributed by atoms with van der Waals surface area (Å²) in [6.07, 6.45) is 1.99. The van der Waals surface area contributed by atoms with E-state index in [9.17, 15) is 9.59 Å². The fourth-order valence-electron chi connectivity index (χ4n) is 3.42. The number of nitrogens with zero attached hydrogens (tertiary/aromatic N) is 1. The minimum Gasteiger partial charge on any atom is -0.489 e. The van der Waals surface area contributed by atoms with Crippen LogP contribution in [0.15, 0.2) is 18.2 Å². The molecule has 1 unspecified atom stereocenters. The minimum absolute atomic E-state index is 0.0118. The fourth-order valence-corrected chi connectivity index (χ4v) is 3.58. The van der Waals surface area contributed by atoms with Crippen molar-refractivity contribution in [2.45, 2.75) is 76.2 Å². The number of benzene rings is 1. The van der Waals surface area contributed by atoms with Gasteiger partial charge in [0.05, 0.1) is 11.1 Å². The number of carbonyl (C=O) groups is 2. The van der Waals surface area contributed by atoms with Crippen molar-refractivity contribution in [1.82, 2.24) is 10.2 Å². The molecular formula is C22H30ClF2N3O4. The third-order valence-electron chi connectivity index (χ3n) is 5.32. The number of amides is 2. The number of hydrogen-bond donors (Lipinski definition) is 2. The minimum atomic E-state index is -3.60. The summed E-state index contributed by atoms with van der Waals surface area (Å²) in [5.41, 5.74) is 4.70. The molecule has 3 rings (SSSR count). The van der Waals surface area contributed by atoms with Gasteiger partial charge in [-0.15, -0.1) is 0 Å². The van der Waals surface area contributed by atoms with E-state index in [4.69, 9.17) is 26.8 Å². The second-order valence-corrected chi connectivity index (χ2v) is 9.72. The van der Waals surface area contributed by atoms with Crippen LogP contribution in [0.1, 0.15) is 52.0 Å². The molecule has 32 heavy (non-hydrogen) atoms. The zero-order valence-corrected chi connectivity index (χ0v) is 19.3. The Labute approximate surface area is 191 Å². The highest BCUT2D eigenvalue weighted by molar-refractivity contribution is 6.32. The highest BCUT2D eigenvalue weighted by Gasteiger charge is 2.46. The number of piperidine rings is 1. The molecule has 1 aliphatic heterocycles. The molecule has 0 spiro atoms. The topological polar surface area (TPSA) is 93.9 Å². The van der Waals surface area contributed by atoms with Gasteiger partial charge < -0.3 is 25.4 Å². The molecule has 1 aliphatic carbocycles. The van der Waals surface area contributed by atoms with Gasteiger partial charge in [-0.05, 0) is 58.6 Å². The first kappa shape index (κ1) is 24.5. The summed E-state index contributed by atoms with van der Waals surface area (Å²) in [4.78, 5) is 25.9. The maximum absolute atomic E-state index is 15.1. The van der Waals surface area contributed by atoms with Crippen molar-refractivity contribution in [3.05, 3.63) is 28.8 Å². The van der Waals surface area contributed by atoms with Gasteiger partial charge in [0.1, 0.15) is 11.4 Å². The number of carbonyl (C=O) groups excluding carboxylic acids is 2. The SMILES string of the molecule is CC(C)(C)OC(=O)NC1CCN(C(=O)C(N)C(F)(F)c2ccc(Cl)c(OC3CC3)c2)CC1. The second kappa shape index (κ2) is 9.39. The first-order valence-corrected chi connectivity index (χ1v) is 11.1. The number of hydrogen-bond acceptors (Lipinski definition) is 5. The summed E-state index contributed by atoms with van der Waals surface area (Å²) in [6.45, 7) is 5.70. The van der Waals surface area contributed by atoms with Crippen LogP contribution in [0.3, 0.4) is 0 Å². The highest BCUT2D eigenvalue weighted by Crippen LogP contribution is 2.38. The second-order valence-electron chi connectivity index (χ2n) is 9.31. The van der Waals surface area contributed by atoms with E-state index in [1.807, 2.05) is 0 Å². The average Bonchev–Trinajstić information content (AvgIpc) is 3.51. The van der Waals surface area contributed by atoms with Gasteiger partial charge in [-0.2, -0.15) is 8.78 Å². The molecule has 1 saturated carbocycles. The molecule has 0 radical (unpaired) electrons. The van der Waals surface area contributed by atoms with Crippen molar-refractivity contribution in [1.29, 1.82) is 0 Å². The Morgan fingerprint density at radius 1 is 1.19 bits per heavy atom. The van der Waals surface area contributed by atoms with Gasteiger partial charge in [0.2, 0.25) is 5.91 Å². The lowest BCUT2D eigenvalue weighted by Gasteiger charge is -2.35. The Morgan fingerprint density at radius 3 is 2.38 bits per heavy atom. The van der Waals surface area contributed by atoms with E-state index in [2.05, 4.69) is 5.32 Å². The Kier molecular flexibility index (Phi) is 7.19. The molecule has 3 N–H and O–H groups in total. The number of halogens is 3. The lowest BCUT2D eigenvalue weighted by Crippen LogP contribution is -2.55. The quantitative estimate of drug-likeness (QED) is 0.655. The molecule has 7 nitrogen and oxygen atoms in total. The van der Waals surface area contributed by atoms with Gasteiger partial charge in [0.25, 0.3) is 5.92 Å². The van der Waals surface area contributed by atoms with Crippen LogP contribution in [0.5, 0.6) is 5.75 Å². The van der Waals surface area contributed by atoms with Crippen molar-refractivity contribution in [2.75, 3.05) is 13.1 Å². The van der Waals surface area contributed by atoms with Gasteiger partial charge in [0.15, 0.2) is 6.04 Å². The van der Waals surface area contributed by atoms with Crippen LogP contribution in [0.25, 0.3) is 0 Å². The molecular weight excluding hydrogens is 444 g/mol. The van der Waals surface area contributed by atoms with Crippen molar-refractivity contribution in [3.8, 4) is 5.75 Å². The molecule has 2 aliphatic rings. The number of rotatable bonds is 6. The maximum Gasteiger partial charge on any atom is 0.407 e. The molecule has 0 aromatic heterocycles. The molecule has 1 saturated heterocycles. The largest absolute Gasteiger partial charge is 0.489 e. The maximum atomic E-state index is 15.1. The van der Waals surface area contributed by atoms with Crippen LogP contribution in [0, 0.1) is 0 Å². The molecule has 2 amide bonds. The molecule has 1 atom stereocenters. The molecule has 1 aromatic rings. The summed E-state index contributed by atoms with van der Waals surface area (Å²) in [7, 11) is 0. The van der Waals surface area contributed by atoms with Gasteiger partial charge in [-0.1, -0.05) is 17.7 Å². The number of alkyl carbamates (subject to hydrolysis) is 1. The molecule has 178 valence electrons. The van der Waals surface area contributed by atoms with E-state index in [1.54, 1.807) is 20.8 Å². The van der Waals surface area contributed by atoms with Gasteiger partial charge in [0, 0.05) is 24.7 Å². The standard InChI is InChI=1S/C22H30ClF2N3O4/c1-21(2,3)32-20(30)27-14-8-10-28(11-9-14)19(29)18(26)22(24,25)13-4-7-16(23)17(12-13)31-15-5-6-15/h4,7,12,14-15,18H,5-6,8-11,26H2,1-3H3,(H,27,30). The zero-order chi connectivity index (χ0) is 23.7. The summed E-state index contributed by atoms with van der Waals surface area (Å²) < 4.78 is 41.0. The number of nitrogens with one attached hydrogen (secondary N) is 1. The third kappa shape index (κ3) is 6.22. The number of nitrogens with two attached hydrogens (primary N) is 1. The smallest absolute Gasteiger partial charge is 0.407 e. The summed E-state index contributed by atoms with van der Waals surface area (Å²) in [6, 6.07) is 1.39. The Hall–Kier alpha value is -2.13. The summed E-state index contributed by atoms with van der Waals surface area (Å²) in [5, 5.41) is 2.98. The van der Waals surface area contributed by atoms with Crippen LogP contribution in [0.2, 0.25) is 5.02 Å². The molecule has 1 heterocycles. The monoisotopic (exact) mass is 473 g/mol. The van der Waals surface area contributed by atoms with E-state index >= 15 is 8.78 Å². The Balaban J connectivity index is 1.58. The van der Waals surface area contributed by atoms with Crippen LogP contribution in [0.4, 0.5) is 13.6 Å². The van der Waals surface area contributed by atoms with Crippen LogP contribution in [-0.2, 0) is 15.5 Å². The van der Waals surface area contributed by atoms with Gasteiger partial charge in [-0.3, -0.25) is 4.79 Å². The fraction of sp³-hybridized carbons (Fsp3) is 0.636. The predicted octanol–water partition coefficient (Wildman–Crippen LogP) is 3.82. The van der Waals surface area contributed by atoms with Gasteiger partial charge in [-0.25, -0.2) is 4.79 Å².